The van der Waals surface area contributed by atoms with Gasteiger partial charge in [0.15, 0.2) is 0 Å². The van der Waals surface area contributed by atoms with Gasteiger partial charge >= 0.3 is 6.18 Å². The van der Waals surface area contributed by atoms with Crippen molar-refractivity contribution in [3.05, 3.63) is 39.8 Å². The SMILES string of the molecule is Cc1nc2cc(C(F)(F)F)ccc2n(CCCN(C)C)c1=O.Cl. The number of alkyl halides is 3. The van der Waals surface area contributed by atoms with E-state index in [4.69, 9.17) is 0 Å². The third kappa shape index (κ3) is 4.45. The molecule has 8 heteroatoms. The lowest BCUT2D eigenvalue weighted by Gasteiger charge is -2.14. The molecular weight excluding hydrogens is 331 g/mol. The van der Waals surface area contributed by atoms with Crippen molar-refractivity contribution >= 4 is 23.4 Å². The minimum absolute atomic E-state index is 0. The quantitative estimate of drug-likeness (QED) is 0.851. The number of aromatic nitrogens is 2. The highest BCUT2D eigenvalue weighted by molar-refractivity contribution is 5.85. The van der Waals surface area contributed by atoms with Crippen LogP contribution in [0.1, 0.15) is 17.7 Å². The lowest BCUT2D eigenvalue weighted by Crippen LogP contribution is -2.26. The Bertz CT molecular complexity index is 741. The van der Waals surface area contributed by atoms with Crippen molar-refractivity contribution in [2.75, 3.05) is 20.6 Å². The zero-order chi connectivity index (χ0) is 16.5. The molecule has 0 saturated carbocycles. The lowest BCUT2D eigenvalue weighted by molar-refractivity contribution is -0.137. The van der Waals surface area contributed by atoms with Crippen molar-refractivity contribution in [1.29, 1.82) is 0 Å². The predicted molar refractivity (Wildman–Crippen MR) is 86.2 cm³/mol. The van der Waals surface area contributed by atoms with Gasteiger partial charge in [-0.3, -0.25) is 4.79 Å². The van der Waals surface area contributed by atoms with Crippen molar-refractivity contribution in [3.8, 4) is 0 Å². The molecule has 0 aliphatic heterocycles. The topological polar surface area (TPSA) is 38.1 Å². The Morgan fingerprint density at radius 3 is 2.48 bits per heavy atom. The molecule has 0 spiro atoms. The fourth-order valence-electron chi connectivity index (χ4n) is 2.32. The van der Waals surface area contributed by atoms with Gasteiger partial charge in [-0.2, -0.15) is 13.2 Å². The highest BCUT2D eigenvalue weighted by Crippen LogP contribution is 2.30. The minimum atomic E-state index is -4.42. The zero-order valence-electron chi connectivity index (χ0n) is 13.1. The van der Waals surface area contributed by atoms with Crippen LogP contribution in [0.4, 0.5) is 13.2 Å². The molecule has 2 rings (SSSR count). The Hall–Kier alpha value is -1.60. The van der Waals surface area contributed by atoms with Crippen LogP contribution >= 0.6 is 12.4 Å². The van der Waals surface area contributed by atoms with Gasteiger partial charge in [0.05, 0.1) is 16.6 Å². The van der Waals surface area contributed by atoms with Crippen LogP contribution in [0, 0.1) is 6.92 Å². The van der Waals surface area contributed by atoms with Crippen molar-refractivity contribution in [2.24, 2.45) is 0 Å². The van der Waals surface area contributed by atoms with E-state index in [1.165, 1.54) is 17.6 Å². The Morgan fingerprint density at radius 1 is 1.26 bits per heavy atom. The number of aryl methyl sites for hydroxylation is 2. The molecule has 0 radical (unpaired) electrons. The van der Waals surface area contributed by atoms with E-state index >= 15 is 0 Å². The van der Waals surface area contributed by atoms with Gasteiger partial charge in [-0.15, -0.1) is 12.4 Å². The summed E-state index contributed by atoms with van der Waals surface area (Å²) in [7, 11) is 3.85. The molecule has 0 saturated heterocycles. The first-order valence-electron chi connectivity index (χ1n) is 6.93. The highest BCUT2D eigenvalue weighted by atomic mass is 35.5. The number of hydrogen-bond donors (Lipinski definition) is 0. The van der Waals surface area contributed by atoms with Crippen LogP contribution in [-0.4, -0.2) is 35.1 Å². The van der Waals surface area contributed by atoms with Gasteiger partial charge in [0.1, 0.15) is 5.69 Å². The van der Waals surface area contributed by atoms with Gasteiger partial charge in [0.2, 0.25) is 0 Å². The third-order valence-electron chi connectivity index (χ3n) is 3.42. The lowest BCUT2D eigenvalue weighted by atomic mass is 10.1. The Labute approximate surface area is 138 Å². The molecule has 0 aliphatic carbocycles. The normalized spacial score (nSPS) is 11.8. The molecule has 0 aliphatic rings. The second kappa shape index (κ2) is 7.31. The van der Waals surface area contributed by atoms with Crippen LogP contribution in [0.25, 0.3) is 11.0 Å². The predicted octanol–water partition coefficient (Wildman–Crippen LogP) is 3.10. The van der Waals surface area contributed by atoms with Crippen LogP contribution in [-0.2, 0) is 12.7 Å². The molecule has 1 heterocycles. The summed E-state index contributed by atoms with van der Waals surface area (Å²) in [6.45, 7) is 2.75. The maximum atomic E-state index is 12.8. The number of rotatable bonds is 4. The minimum Gasteiger partial charge on any atom is -0.309 e. The van der Waals surface area contributed by atoms with Crippen LogP contribution in [0.15, 0.2) is 23.0 Å². The number of benzene rings is 1. The summed E-state index contributed by atoms with van der Waals surface area (Å²) in [6.07, 6.45) is -3.69. The van der Waals surface area contributed by atoms with Crippen LogP contribution < -0.4 is 5.56 Å². The van der Waals surface area contributed by atoms with Crippen molar-refractivity contribution in [3.63, 3.8) is 0 Å². The van der Waals surface area contributed by atoms with Gasteiger partial charge in [0, 0.05) is 6.54 Å². The summed E-state index contributed by atoms with van der Waals surface area (Å²) >= 11 is 0. The second-order valence-corrected chi connectivity index (χ2v) is 5.51. The van der Waals surface area contributed by atoms with Gasteiger partial charge in [-0.25, -0.2) is 4.98 Å². The number of fused-ring (bicyclic) bond motifs is 1. The summed E-state index contributed by atoms with van der Waals surface area (Å²) < 4.78 is 39.9. The monoisotopic (exact) mass is 349 g/mol. The van der Waals surface area contributed by atoms with E-state index in [2.05, 4.69) is 4.98 Å². The van der Waals surface area contributed by atoms with E-state index in [1.54, 1.807) is 0 Å². The molecule has 0 N–H and O–H groups in total. The van der Waals surface area contributed by atoms with Gasteiger partial charge in [-0.1, -0.05) is 0 Å². The standard InChI is InChI=1S/C15H18F3N3O.ClH/c1-10-14(22)21(8-4-7-20(2)3)13-6-5-11(15(16,17)18)9-12(13)19-10;/h5-6,9H,4,7-8H2,1-3H3;1H. The van der Waals surface area contributed by atoms with Crippen molar-refractivity contribution < 1.29 is 13.2 Å². The molecule has 23 heavy (non-hydrogen) atoms. The van der Waals surface area contributed by atoms with E-state index in [-0.39, 0.29) is 29.2 Å². The average molecular weight is 350 g/mol. The second-order valence-electron chi connectivity index (χ2n) is 5.51. The van der Waals surface area contributed by atoms with Crippen LogP contribution in [0.2, 0.25) is 0 Å². The van der Waals surface area contributed by atoms with Crippen molar-refractivity contribution in [1.82, 2.24) is 14.5 Å². The Kier molecular flexibility index (Phi) is 6.18. The smallest absolute Gasteiger partial charge is 0.309 e. The molecule has 1 aromatic carbocycles. The Morgan fingerprint density at radius 2 is 1.91 bits per heavy atom. The van der Waals surface area contributed by atoms with Gasteiger partial charge in [0.25, 0.3) is 5.56 Å². The zero-order valence-corrected chi connectivity index (χ0v) is 14.0. The van der Waals surface area contributed by atoms with Crippen molar-refractivity contribution in [2.45, 2.75) is 26.1 Å². The summed E-state index contributed by atoms with van der Waals surface area (Å²) in [5, 5.41) is 0. The fraction of sp³-hybridized carbons (Fsp3) is 0.467. The molecular formula is C15H19ClF3N3O. The maximum absolute atomic E-state index is 12.8. The van der Waals surface area contributed by atoms with E-state index in [0.29, 0.717) is 12.1 Å². The summed E-state index contributed by atoms with van der Waals surface area (Å²) in [4.78, 5) is 18.2. The molecule has 1 aromatic heterocycles. The first-order chi connectivity index (χ1) is 10.2. The molecule has 128 valence electrons. The third-order valence-corrected chi connectivity index (χ3v) is 3.42. The van der Waals surface area contributed by atoms with Gasteiger partial charge in [-0.05, 0) is 52.2 Å². The largest absolute Gasteiger partial charge is 0.416 e. The molecule has 0 atom stereocenters. The highest BCUT2D eigenvalue weighted by Gasteiger charge is 2.30. The van der Waals surface area contributed by atoms with E-state index in [9.17, 15) is 18.0 Å². The molecule has 4 nitrogen and oxygen atoms in total. The summed E-state index contributed by atoms with van der Waals surface area (Å²) in [6, 6.07) is 3.30. The fourth-order valence-corrected chi connectivity index (χ4v) is 2.32. The average Bonchev–Trinajstić information content (AvgIpc) is 2.41. The maximum Gasteiger partial charge on any atom is 0.416 e. The number of nitrogens with zero attached hydrogens (tertiary/aromatic N) is 3. The Balaban J connectivity index is 0.00000264. The summed E-state index contributed by atoms with van der Waals surface area (Å²) in [5.41, 5.74) is -0.188. The number of hydrogen-bond acceptors (Lipinski definition) is 3. The molecule has 0 amide bonds. The molecule has 0 bridgehead atoms. The van der Waals surface area contributed by atoms with Gasteiger partial charge < -0.3 is 9.47 Å². The molecule has 0 fully saturated rings. The van der Waals surface area contributed by atoms with E-state index in [0.717, 1.165) is 25.1 Å². The molecule has 0 unspecified atom stereocenters. The first-order valence-corrected chi connectivity index (χ1v) is 6.93. The van der Waals surface area contributed by atoms with Crippen LogP contribution in [0.5, 0.6) is 0 Å². The van der Waals surface area contributed by atoms with E-state index in [1.807, 2.05) is 19.0 Å². The first kappa shape index (κ1) is 19.4. The molecule has 2 aromatic rings. The summed E-state index contributed by atoms with van der Waals surface area (Å²) in [5.74, 6) is 0. The van der Waals surface area contributed by atoms with Crippen LogP contribution in [0.3, 0.4) is 0 Å². The number of halogens is 4. The van der Waals surface area contributed by atoms with E-state index < -0.39 is 11.7 Å².